The second-order valence-electron chi connectivity index (χ2n) is 4.27. The van der Waals surface area contributed by atoms with E-state index in [0.717, 1.165) is 5.56 Å². The summed E-state index contributed by atoms with van der Waals surface area (Å²) in [6.07, 6.45) is 3.42. The number of likely N-dealkylation sites (N-methyl/N-ethyl adjacent to an activating group) is 1. The quantitative estimate of drug-likeness (QED) is 0.876. The van der Waals surface area contributed by atoms with E-state index in [0.29, 0.717) is 23.2 Å². The van der Waals surface area contributed by atoms with Crippen molar-refractivity contribution in [2.75, 3.05) is 25.5 Å². The van der Waals surface area contributed by atoms with Crippen molar-refractivity contribution >= 4 is 27.3 Å². The Kier molecular flexibility index (Phi) is 4.69. The summed E-state index contributed by atoms with van der Waals surface area (Å²) in [6, 6.07) is 3.33. The molecule has 0 aliphatic heterocycles. The zero-order valence-corrected chi connectivity index (χ0v) is 12.9. The molecule has 8 heteroatoms. The number of thiophene rings is 1. The van der Waals surface area contributed by atoms with E-state index in [2.05, 4.69) is 15.3 Å². The molecule has 20 heavy (non-hydrogen) atoms. The van der Waals surface area contributed by atoms with E-state index in [1.807, 2.05) is 6.92 Å². The molecule has 0 fully saturated rings. The monoisotopic (exact) mass is 312 g/mol. The van der Waals surface area contributed by atoms with Crippen LogP contribution in [-0.4, -0.2) is 42.8 Å². The van der Waals surface area contributed by atoms with Crippen molar-refractivity contribution in [2.24, 2.45) is 0 Å². The fourth-order valence-electron chi connectivity index (χ4n) is 1.49. The van der Waals surface area contributed by atoms with Crippen LogP contribution < -0.4 is 5.32 Å². The first-order chi connectivity index (χ1) is 9.50. The van der Waals surface area contributed by atoms with Crippen molar-refractivity contribution in [3.63, 3.8) is 0 Å². The van der Waals surface area contributed by atoms with Gasteiger partial charge in [-0.05, 0) is 23.9 Å². The van der Waals surface area contributed by atoms with Crippen molar-refractivity contribution in [1.29, 1.82) is 0 Å². The largest absolute Gasteiger partial charge is 0.353 e. The number of nitrogens with zero attached hydrogens (tertiary/aromatic N) is 3. The second kappa shape index (κ2) is 6.29. The Morgan fingerprint density at radius 2 is 2.05 bits per heavy atom. The molecule has 0 aliphatic rings. The number of aromatic nitrogens is 2. The first kappa shape index (κ1) is 14.9. The summed E-state index contributed by atoms with van der Waals surface area (Å²) < 4.78 is 26.0. The van der Waals surface area contributed by atoms with E-state index < -0.39 is 10.0 Å². The topological polar surface area (TPSA) is 75.2 Å². The molecule has 0 bridgehead atoms. The third-order valence-corrected chi connectivity index (χ3v) is 5.88. The van der Waals surface area contributed by atoms with Crippen LogP contribution in [0.1, 0.15) is 5.56 Å². The maximum Gasteiger partial charge on any atom is 0.252 e. The van der Waals surface area contributed by atoms with Crippen LogP contribution in [0.3, 0.4) is 0 Å². The first-order valence-electron chi connectivity index (χ1n) is 6.02. The molecule has 0 aromatic carbocycles. The normalized spacial score (nSPS) is 11.8. The molecular weight excluding hydrogens is 296 g/mol. The zero-order chi connectivity index (χ0) is 14.6. The average Bonchev–Trinajstić information content (AvgIpc) is 2.95. The molecule has 1 N–H and O–H groups in total. The van der Waals surface area contributed by atoms with E-state index in [1.165, 1.54) is 15.6 Å². The summed E-state index contributed by atoms with van der Waals surface area (Å²) in [5, 5.41) is 4.74. The number of hydrogen-bond donors (Lipinski definition) is 1. The molecule has 2 aromatic rings. The van der Waals surface area contributed by atoms with Crippen LogP contribution in [0.2, 0.25) is 0 Å². The lowest BCUT2D eigenvalue weighted by Crippen LogP contribution is -2.31. The van der Waals surface area contributed by atoms with Gasteiger partial charge in [-0.2, -0.15) is 4.31 Å². The molecule has 108 valence electrons. The zero-order valence-electron chi connectivity index (χ0n) is 11.3. The minimum absolute atomic E-state index is 0.345. The van der Waals surface area contributed by atoms with Gasteiger partial charge in [0.1, 0.15) is 4.21 Å². The number of sulfonamides is 1. The van der Waals surface area contributed by atoms with Gasteiger partial charge in [-0.25, -0.2) is 18.4 Å². The van der Waals surface area contributed by atoms with Gasteiger partial charge in [-0.1, -0.05) is 6.07 Å². The van der Waals surface area contributed by atoms with Crippen molar-refractivity contribution in [2.45, 2.75) is 11.1 Å². The third kappa shape index (κ3) is 3.53. The van der Waals surface area contributed by atoms with E-state index in [-0.39, 0.29) is 0 Å². The van der Waals surface area contributed by atoms with Crippen molar-refractivity contribution in [3.8, 4) is 0 Å². The maximum absolute atomic E-state index is 12.2. The summed E-state index contributed by atoms with van der Waals surface area (Å²) in [5.74, 6) is 0.498. The van der Waals surface area contributed by atoms with Gasteiger partial charge in [-0.3, -0.25) is 0 Å². The number of hydrogen-bond acceptors (Lipinski definition) is 6. The highest BCUT2D eigenvalue weighted by atomic mass is 32.2. The summed E-state index contributed by atoms with van der Waals surface area (Å²) in [5.41, 5.74) is 0.980. The molecule has 0 atom stereocenters. The van der Waals surface area contributed by atoms with E-state index in [4.69, 9.17) is 0 Å². The molecule has 0 saturated carbocycles. The molecule has 0 spiro atoms. The third-order valence-electron chi connectivity index (χ3n) is 2.65. The summed E-state index contributed by atoms with van der Waals surface area (Å²) >= 11 is 1.21. The lowest BCUT2D eigenvalue weighted by Gasteiger charge is -2.16. The lowest BCUT2D eigenvalue weighted by molar-refractivity contribution is 0.482. The van der Waals surface area contributed by atoms with Crippen molar-refractivity contribution in [1.82, 2.24) is 14.3 Å². The minimum atomic E-state index is -3.39. The predicted octanol–water partition coefficient (Wildman–Crippen LogP) is 1.58. The van der Waals surface area contributed by atoms with Gasteiger partial charge in [0.2, 0.25) is 5.95 Å². The number of nitrogens with one attached hydrogen (secondary N) is 1. The molecule has 0 aliphatic carbocycles. The van der Waals surface area contributed by atoms with Crippen LogP contribution in [0.5, 0.6) is 0 Å². The standard InChI is InChI=1S/C12H16N4O2S2/c1-10-8-14-12(15-9-10)13-5-6-16(2)20(17,18)11-4-3-7-19-11/h3-4,7-9H,5-6H2,1-2H3,(H,13,14,15). The van der Waals surface area contributed by atoms with Gasteiger partial charge in [-0.15, -0.1) is 11.3 Å². The molecule has 6 nitrogen and oxygen atoms in total. The maximum atomic E-state index is 12.2. The molecule has 0 amide bonds. The van der Waals surface area contributed by atoms with Gasteiger partial charge in [0.05, 0.1) is 0 Å². The highest BCUT2D eigenvalue weighted by molar-refractivity contribution is 7.91. The van der Waals surface area contributed by atoms with Gasteiger partial charge >= 0.3 is 0 Å². The Labute approximate surface area is 122 Å². The SMILES string of the molecule is Cc1cnc(NCCN(C)S(=O)(=O)c2cccs2)nc1. The van der Waals surface area contributed by atoms with Crippen LogP contribution in [0.25, 0.3) is 0 Å². The molecule has 0 radical (unpaired) electrons. The minimum Gasteiger partial charge on any atom is -0.353 e. The van der Waals surface area contributed by atoms with Crippen LogP contribution >= 0.6 is 11.3 Å². The van der Waals surface area contributed by atoms with E-state index in [1.54, 1.807) is 37.0 Å². The lowest BCUT2D eigenvalue weighted by atomic mass is 10.4. The Bertz CT molecular complexity index is 639. The summed E-state index contributed by atoms with van der Waals surface area (Å²) in [4.78, 5) is 8.20. The first-order valence-corrected chi connectivity index (χ1v) is 8.34. The molecule has 2 heterocycles. The fraction of sp³-hybridized carbons (Fsp3) is 0.333. The second-order valence-corrected chi connectivity index (χ2v) is 7.49. The Morgan fingerprint density at radius 1 is 1.35 bits per heavy atom. The van der Waals surface area contributed by atoms with Gasteiger partial charge in [0.15, 0.2) is 0 Å². The average molecular weight is 312 g/mol. The van der Waals surface area contributed by atoms with Gasteiger partial charge in [0.25, 0.3) is 10.0 Å². The van der Waals surface area contributed by atoms with Crippen LogP contribution in [-0.2, 0) is 10.0 Å². The van der Waals surface area contributed by atoms with Crippen LogP contribution in [0, 0.1) is 6.92 Å². The smallest absolute Gasteiger partial charge is 0.252 e. The molecule has 0 saturated heterocycles. The van der Waals surface area contributed by atoms with Gasteiger partial charge in [0, 0.05) is 32.5 Å². The van der Waals surface area contributed by atoms with Crippen LogP contribution in [0.4, 0.5) is 5.95 Å². The van der Waals surface area contributed by atoms with E-state index in [9.17, 15) is 8.42 Å². The molecule has 2 rings (SSSR count). The van der Waals surface area contributed by atoms with E-state index >= 15 is 0 Å². The number of aryl methyl sites for hydroxylation is 1. The number of anilines is 1. The highest BCUT2D eigenvalue weighted by Crippen LogP contribution is 2.19. The summed E-state index contributed by atoms with van der Waals surface area (Å²) in [6.45, 7) is 2.70. The number of rotatable bonds is 6. The van der Waals surface area contributed by atoms with Crippen LogP contribution in [0.15, 0.2) is 34.1 Å². The Hall–Kier alpha value is -1.51. The molecule has 2 aromatic heterocycles. The molecule has 0 unspecified atom stereocenters. The highest BCUT2D eigenvalue weighted by Gasteiger charge is 2.21. The summed E-state index contributed by atoms with van der Waals surface area (Å²) in [7, 11) is -1.82. The van der Waals surface area contributed by atoms with Gasteiger partial charge < -0.3 is 5.32 Å². The Balaban J connectivity index is 1.89. The van der Waals surface area contributed by atoms with Crippen molar-refractivity contribution < 1.29 is 8.42 Å². The predicted molar refractivity (Wildman–Crippen MR) is 79.4 cm³/mol. The fourth-order valence-corrected chi connectivity index (χ4v) is 3.87. The molecular formula is C12H16N4O2S2. The Morgan fingerprint density at radius 3 is 2.65 bits per heavy atom. The van der Waals surface area contributed by atoms with Crippen molar-refractivity contribution in [3.05, 3.63) is 35.5 Å².